The lowest BCUT2D eigenvalue weighted by Gasteiger charge is -2.27. The Morgan fingerprint density at radius 1 is 0.900 bits per heavy atom. The summed E-state index contributed by atoms with van der Waals surface area (Å²) in [6.07, 6.45) is 0.443. The average Bonchev–Trinajstić information content (AvgIpc) is 2.63. The van der Waals surface area contributed by atoms with E-state index in [0.29, 0.717) is 12.8 Å². The zero-order chi connectivity index (χ0) is 23.6. The zero-order valence-corrected chi connectivity index (χ0v) is 18.2. The lowest BCUT2D eigenvalue weighted by Crippen LogP contribution is -2.59. The molecule has 0 radical (unpaired) electrons. The van der Waals surface area contributed by atoms with Gasteiger partial charge in [0.25, 0.3) is 0 Å². The summed E-state index contributed by atoms with van der Waals surface area (Å²) in [6.45, 7) is 8.64. The highest BCUT2D eigenvalue weighted by Gasteiger charge is 2.32. The van der Waals surface area contributed by atoms with Crippen LogP contribution in [0.15, 0.2) is 0 Å². The number of nitrogens with one attached hydrogen (secondary N) is 3. The Hall–Kier alpha value is -2.69. The number of nitrogens with two attached hydrogens (primary N) is 2. The predicted molar refractivity (Wildman–Crippen MR) is 110 cm³/mol. The highest BCUT2D eigenvalue weighted by molar-refractivity contribution is 5.96. The molecule has 172 valence electrons. The number of carboxylic acids is 1. The van der Waals surface area contributed by atoms with Crippen molar-refractivity contribution in [1.29, 1.82) is 0 Å². The molecule has 0 fully saturated rings. The molecule has 0 bridgehead atoms. The number of rotatable bonds is 13. The van der Waals surface area contributed by atoms with Gasteiger partial charge in [0.1, 0.15) is 18.1 Å². The maximum atomic E-state index is 12.8. The Bertz CT molecular complexity index is 639. The molecule has 0 aliphatic heterocycles. The molecule has 0 aromatic heterocycles. The van der Waals surface area contributed by atoms with Crippen molar-refractivity contribution in [3.05, 3.63) is 0 Å². The van der Waals surface area contributed by atoms with E-state index in [4.69, 9.17) is 16.6 Å². The van der Waals surface area contributed by atoms with E-state index in [-0.39, 0.29) is 11.8 Å². The fourth-order valence-electron chi connectivity index (χ4n) is 2.62. The van der Waals surface area contributed by atoms with Crippen molar-refractivity contribution in [2.45, 2.75) is 78.0 Å². The first-order chi connectivity index (χ1) is 13.8. The van der Waals surface area contributed by atoms with Crippen LogP contribution in [0, 0.1) is 11.8 Å². The number of primary amides is 1. The van der Waals surface area contributed by atoms with Crippen LogP contribution in [-0.4, -0.2) is 58.9 Å². The molecule has 8 N–H and O–H groups in total. The summed E-state index contributed by atoms with van der Waals surface area (Å²) in [6, 6.07) is -4.42. The molecule has 11 nitrogen and oxygen atoms in total. The number of carboxylic acid groups (broad SMARTS) is 1. The molecule has 0 spiro atoms. The summed E-state index contributed by atoms with van der Waals surface area (Å²) >= 11 is 0. The SMILES string of the molecule is CCC(C)C(NC(=O)C(N)CC(C)C)C(=O)NC(CC(N)=O)C(=O)NC(C)C(=O)O. The fourth-order valence-corrected chi connectivity index (χ4v) is 2.62. The van der Waals surface area contributed by atoms with Crippen molar-refractivity contribution in [2.75, 3.05) is 0 Å². The predicted octanol–water partition coefficient (Wildman–Crippen LogP) is -1.16. The Morgan fingerprint density at radius 3 is 1.90 bits per heavy atom. The van der Waals surface area contributed by atoms with Crippen LogP contribution >= 0.6 is 0 Å². The molecule has 5 unspecified atom stereocenters. The summed E-state index contributed by atoms with van der Waals surface area (Å²) in [4.78, 5) is 59.8. The minimum atomic E-state index is -1.38. The molecule has 5 atom stereocenters. The highest BCUT2D eigenvalue weighted by Crippen LogP contribution is 2.10. The molecular formula is C19H35N5O6. The van der Waals surface area contributed by atoms with E-state index in [9.17, 15) is 24.0 Å². The van der Waals surface area contributed by atoms with E-state index in [1.165, 1.54) is 6.92 Å². The standard InChI is InChI=1S/C19H35N5O6/c1-6-10(4)15(24-16(26)12(20)7-9(2)3)18(28)23-13(8-14(21)25)17(27)22-11(5)19(29)30/h9-13,15H,6-8,20H2,1-5H3,(H2,21,25)(H,22,27)(H,23,28)(H,24,26)(H,29,30). The molecule has 4 amide bonds. The molecule has 0 saturated heterocycles. The van der Waals surface area contributed by atoms with Gasteiger partial charge in [-0.2, -0.15) is 0 Å². The van der Waals surface area contributed by atoms with Gasteiger partial charge in [-0.25, -0.2) is 0 Å². The van der Waals surface area contributed by atoms with Gasteiger partial charge in [-0.15, -0.1) is 0 Å². The van der Waals surface area contributed by atoms with Crippen LogP contribution in [0.25, 0.3) is 0 Å². The Balaban J connectivity index is 5.42. The third-order valence-electron chi connectivity index (χ3n) is 4.62. The van der Waals surface area contributed by atoms with E-state index in [2.05, 4.69) is 16.0 Å². The number of hydrogen-bond donors (Lipinski definition) is 6. The van der Waals surface area contributed by atoms with Crippen LogP contribution < -0.4 is 27.4 Å². The van der Waals surface area contributed by atoms with Crippen molar-refractivity contribution in [3.63, 3.8) is 0 Å². The number of carbonyl (C=O) groups excluding carboxylic acids is 4. The van der Waals surface area contributed by atoms with Gasteiger partial charge in [-0.3, -0.25) is 24.0 Å². The molecule has 11 heteroatoms. The van der Waals surface area contributed by atoms with Crippen molar-refractivity contribution in [2.24, 2.45) is 23.3 Å². The van der Waals surface area contributed by atoms with E-state index in [1.54, 1.807) is 6.92 Å². The van der Waals surface area contributed by atoms with Gasteiger partial charge in [0, 0.05) is 0 Å². The van der Waals surface area contributed by atoms with Crippen LogP contribution in [0.4, 0.5) is 0 Å². The van der Waals surface area contributed by atoms with E-state index in [0.717, 1.165) is 0 Å². The lowest BCUT2D eigenvalue weighted by atomic mass is 9.96. The van der Waals surface area contributed by atoms with Gasteiger partial charge >= 0.3 is 5.97 Å². The summed E-state index contributed by atoms with van der Waals surface area (Å²) in [5.74, 6) is -4.32. The van der Waals surface area contributed by atoms with Crippen LogP contribution in [0.2, 0.25) is 0 Å². The minimum Gasteiger partial charge on any atom is -0.480 e. The number of carbonyl (C=O) groups is 5. The highest BCUT2D eigenvalue weighted by atomic mass is 16.4. The fraction of sp³-hybridized carbons (Fsp3) is 0.737. The normalized spacial score (nSPS) is 16.0. The summed E-state index contributed by atoms with van der Waals surface area (Å²) in [5, 5.41) is 16.1. The monoisotopic (exact) mass is 429 g/mol. The number of aliphatic carboxylic acids is 1. The topological polar surface area (TPSA) is 194 Å². The van der Waals surface area contributed by atoms with Crippen molar-refractivity contribution < 1.29 is 29.1 Å². The molecule has 0 aromatic rings. The Morgan fingerprint density at radius 2 is 1.47 bits per heavy atom. The quantitative estimate of drug-likeness (QED) is 0.212. The minimum absolute atomic E-state index is 0.182. The first kappa shape index (κ1) is 27.3. The molecule has 0 aromatic carbocycles. The van der Waals surface area contributed by atoms with Gasteiger partial charge in [0.05, 0.1) is 12.5 Å². The van der Waals surface area contributed by atoms with E-state index >= 15 is 0 Å². The van der Waals surface area contributed by atoms with Crippen LogP contribution in [0.1, 0.15) is 53.9 Å². The first-order valence-electron chi connectivity index (χ1n) is 9.97. The van der Waals surface area contributed by atoms with Gasteiger partial charge in [-0.05, 0) is 25.2 Å². The Labute approximate surface area is 176 Å². The molecule has 0 rings (SSSR count). The second kappa shape index (κ2) is 12.8. The molecule has 0 saturated carbocycles. The zero-order valence-electron chi connectivity index (χ0n) is 18.2. The largest absolute Gasteiger partial charge is 0.480 e. The second-order valence-electron chi connectivity index (χ2n) is 7.91. The van der Waals surface area contributed by atoms with Gasteiger partial charge < -0.3 is 32.5 Å². The third-order valence-corrected chi connectivity index (χ3v) is 4.62. The van der Waals surface area contributed by atoms with Gasteiger partial charge in [-0.1, -0.05) is 34.1 Å². The molecule has 0 aliphatic carbocycles. The smallest absolute Gasteiger partial charge is 0.325 e. The van der Waals surface area contributed by atoms with Gasteiger partial charge in [0.15, 0.2) is 0 Å². The first-order valence-corrected chi connectivity index (χ1v) is 9.97. The number of hydrogen-bond acceptors (Lipinski definition) is 6. The summed E-state index contributed by atoms with van der Waals surface area (Å²) in [7, 11) is 0. The molecule has 30 heavy (non-hydrogen) atoms. The summed E-state index contributed by atoms with van der Waals surface area (Å²) in [5.41, 5.74) is 11.0. The van der Waals surface area contributed by atoms with Crippen molar-refractivity contribution in [1.82, 2.24) is 16.0 Å². The average molecular weight is 430 g/mol. The summed E-state index contributed by atoms with van der Waals surface area (Å²) < 4.78 is 0. The van der Waals surface area contributed by atoms with Crippen molar-refractivity contribution in [3.8, 4) is 0 Å². The lowest BCUT2D eigenvalue weighted by molar-refractivity contribution is -0.142. The van der Waals surface area contributed by atoms with E-state index < -0.39 is 60.2 Å². The third kappa shape index (κ3) is 9.68. The molecular weight excluding hydrogens is 394 g/mol. The second-order valence-corrected chi connectivity index (χ2v) is 7.91. The van der Waals surface area contributed by atoms with Crippen LogP contribution in [-0.2, 0) is 24.0 Å². The van der Waals surface area contributed by atoms with Crippen LogP contribution in [0.5, 0.6) is 0 Å². The maximum Gasteiger partial charge on any atom is 0.325 e. The molecule has 0 heterocycles. The molecule has 0 aliphatic rings. The van der Waals surface area contributed by atoms with Crippen LogP contribution in [0.3, 0.4) is 0 Å². The number of amides is 4. The van der Waals surface area contributed by atoms with E-state index in [1.807, 2.05) is 20.8 Å². The van der Waals surface area contributed by atoms with Crippen molar-refractivity contribution >= 4 is 29.6 Å². The Kier molecular flexibility index (Phi) is 11.6. The van der Waals surface area contributed by atoms with Gasteiger partial charge in [0.2, 0.25) is 23.6 Å². The maximum absolute atomic E-state index is 12.8.